The molecule has 0 radical (unpaired) electrons. The monoisotopic (exact) mass is 402 g/mol. The van der Waals surface area contributed by atoms with E-state index >= 15 is 0 Å². The van der Waals surface area contributed by atoms with Gasteiger partial charge >= 0.3 is 0 Å². The van der Waals surface area contributed by atoms with E-state index in [2.05, 4.69) is 34.2 Å². The highest BCUT2D eigenvalue weighted by Crippen LogP contribution is 2.34. The van der Waals surface area contributed by atoms with Gasteiger partial charge in [0.1, 0.15) is 17.2 Å². The summed E-state index contributed by atoms with van der Waals surface area (Å²) in [5.41, 5.74) is 1.01. The number of aliphatic imine (C=N–C) groups is 1. The van der Waals surface area contributed by atoms with E-state index in [1.165, 1.54) is 6.42 Å². The van der Waals surface area contributed by atoms with Crippen LogP contribution in [0.3, 0.4) is 0 Å². The van der Waals surface area contributed by atoms with Gasteiger partial charge in [0.2, 0.25) is 0 Å². The summed E-state index contributed by atoms with van der Waals surface area (Å²) < 4.78 is 16.5. The minimum Gasteiger partial charge on any atom is -0.496 e. The Kier molecular flexibility index (Phi) is 7.63. The van der Waals surface area contributed by atoms with E-state index < -0.39 is 0 Å². The molecule has 1 aromatic carbocycles. The van der Waals surface area contributed by atoms with E-state index in [9.17, 15) is 0 Å². The molecule has 2 aliphatic heterocycles. The molecule has 1 fully saturated rings. The molecule has 7 nitrogen and oxygen atoms in total. The Morgan fingerprint density at radius 3 is 2.38 bits per heavy atom. The summed E-state index contributed by atoms with van der Waals surface area (Å²) in [5, 5.41) is 3.46. The molecular formula is C22H34N4O3. The fourth-order valence-electron chi connectivity index (χ4n) is 4.05. The number of nitrogens with zero attached hydrogens (tertiary/aromatic N) is 3. The highest BCUT2D eigenvalue weighted by atomic mass is 16.5. The summed E-state index contributed by atoms with van der Waals surface area (Å²) in [6, 6.07) is 4.39. The molecule has 1 aromatic rings. The van der Waals surface area contributed by atoms with Crippen molar-refractivity contribution in [3.63, 3.8) is 0 Å². The molecule has 1 N–H and O–H groups in total. The van der Waals surface area contributed by atoms with Gasteiger partial charge in [0.25, 0.3) is 0 Å². The van der Waals surface area contributed by atoms with Crippen molar-refractivity contribution >= 4 is 5.96 Å². The van der Waals surface area contributed by atoms with Crippen LogP contribution in [0.5, 0.6) is 17.2 Å². The standard InChI is InChI=1S/C22H34N4O3/c1-5-23-22(26-13-9-17(16-26)25-11-6-7-12-25)24-10-8-19-20(28-3)14-18(27-2)15-21(19)29-4/h6-7,14-15,17H,5,8-13,16H2,1-4H3,(H,23,24). The number of ether oxygens (including phenoxy) is 3. The normalized spacial score (nSPS) is 19.7. The predicted molar refractivity (Wildman–Crippen MR) is 116 cm³/mol. The second-order valence-electron chi connectivity index (χ2n) is 7.31. The zero-order chi connectivity index (χ0) is 20.6. The Bertz CT molecular complexity index is 702. The Hall–Kier alpha value is -2.41. The lowest BCUT2D eigenvalue weighted by Gasteiger charge is -2.25. The molecule has 160 valence electrons. The van der Waals surface area contributed by atoms with Crippen molar-refractivity contribution in [2.45, 2.75) is 25.8 Å². The van der Waals surface area contributed by atoms with Crippen LogP contribution in [0.2, 0.25) is 0 Å². The van der Waals surface area contributed by atoms with Gasteiger partial charge in [0.15, 0.2) is 5.96 Å². The molecule has 1 unspecified atom stereocenters. The van der Waals surface area contributed by atoms with Crippen molar-refractivity contribution in [2.75, 3.05) is 60.6 Å². The molecular weight excluding hydrogens is 368 g/mol. The van der Waals surface area contributed by atoms with Crippen LogP contribution >= 0.6 is 0 Å². The van der Waals surface area contributed by atoms with Crippen molar-refractivity contribution in [3.8, 4) is 17.2 Å². The number of benzene rings is 1. The first-order valence-corrected chi connectivity index (χ1v) is 10.4. The summed E-state index contributed by atoms with van der Waals surface area (Å²) in [4.78, 5) is 9.82. The van der Waals surface area contributed by atoms with Gasteiger partial charge < -0.3 is 24.4 Å². The highest BCUT2D eigenvalue weighted by Gasteiger charge is 2.29. The van der Waals surface area contributed by atoms with Crippen LogP contribution in [0.15, 0.2) is 29.3 Å². The number of hydrogen-bond donors (Lipinski definition) is 1. The summed E-state index contributed by atoms with van der Waals surface area (Å²) in [6.07, 6.45) is 6.44. The molecule has 29 heavy (non-hydrogen) atoms. The molecule has 2 aliphatic rings. The maximum Gasteiger partial charge on any atom is 0.193 e. The number of hydrogen-bond acceptors (Lipinski definition) is 5. The molecule has 0 bridgehead atoms. The molecule has 0 aliphatic carbocycles. The van der Waals surface area contributed by atoms with Crippen molar-refractivity contribution < 1.29 is 14.2 Å². The first-order chi connectivity index (χ1) is 14.2. The Labute approximate surface area is 174 Å². The fraction of sp³-hybridized carbons (Fsp3) is 0.591. The van der Waals surface area contributed by atoms with Crippen molar-refractivity contribution in [2.24, 2.45) is 4.99 Å². The summed E-state index contributed by atoms with van der Waals surface area (Å²) in [7, 11) is 4.98. The average Bonchev–Trinajstić information content (AvgIpc) is 3.44. The summed E-state index contributed by atoms with van der Waals surface area (Å²) in [6.45, 7) is 7.86. The molecule has 7 heteroatoms. The van der Waals surface area contributed by atoms with Gasteiger partial charge in [-0.3, -0.25) is 9.89 Å². The minimum atomic E-state index is 0.607. The second kappa shape index (κ2) is 10.4. The van der Waals surface area contributed by atoms with Gasteiger partial charge in [0, 0.05) is 63.0 Å². The van der Waals surface area contributed by atoms with E-state index in [1.807, 2.05) is 12.1 Å². The smallest absolute Gasteiger partial charge is 0.193 e. The van der Waals surface area contributed by atoms with E-state index in [-0.39, 0.29) is 0 Å². The topological polar surface area (TPSA) is 58.6 Å². The number of guanidine groups is 1. The highest BCUT2D eigenvalue weighted by molar-refractivity contribution is 5.80. The maximum atomic E-state index is 5.56. The molecule has 3 rings (SSSR count). The molecule has 0 aromatic heterocycles. The number of rotatable bonds is 8. The van der Waals surface area contributed by atoms with Crippen LogP contribution in [0.4, 0.5) is 0 Å². The van der Waals surface area contributed by atoms with Crippen LogP contribution in [0, 0.1) is 0 Å². The van der Waals surface area contributed by atoms with E-state index in [1.54, 1.807) is 21.3 Å². The van der Waals surface area contributed by atoms with Crippen LogP contribution in [0.1, 0.15) is 18.9 Å². The molecule has 1 atom stereocenters. The van der Waals surface area contributed by atoms with E-state index in [0.29, 0.717) is 12.6 Å². The summed E-state index contributed by atoms with van der Waals surface area (Å²) >= 11 is 0. The first kappa shape index (κ1) is 21.3. The lowest BCUT2D eigenvalue weighted by atomic mass is 10.1. The Morgan fingerprint density at radius 2 is 1.79 bits per heavy atom. The SMILES string of the molecule is CCNC(=NCCc1c(OC)cc(OC)cc1OC)N1CCC(N2CC=CC2)C1. The van der Waals surface area contributed by atoms with Crippen LogP contribution in [0.25, 0.3) is 0 Å². The largest absolute Gasteiger partial charge is 0.496 e. The van der Waals surface area contributed by atoms with Crippen LogP contribution in [-0.4, -0.2) is 82.4 Å². The zero-order valence-corrected chi connectivity index (χ0v) is 18.1. The van der Waals surface area contributed by atoms with Gasteiger partial charge in [-0.2, -0.15) is 0 Å². The second-order valence-corrected chi connectivity index (χ2v) is 7.31. The predicted octanol–water partition coefficient (Wildman–Crippen LogP) is 2.17. The molecule has 0 saturated carbocycles. The Balaban J connectivity index is 1.67. The number of methoxy groups -OCH3 is 3. The van der Waals surface area contributed by atoms with Crippen molar-refractivity contribution in [1.29, 1.82) is 0 Å². The molecule has 2 heterocycles. The Morgan fingerprint density at radius 1 is 1.10 bits per heavy atom. The van der Waals surface area contributed by atoms with E-state index in [0.717, 1.165) is 67.9 Å². The third kappa shape index (κ3) is 5.15. The summed E-state index contributed by atoms with van der Waals surface area (Å²) in [5.74, 6) is 3.25. The number of likely N-dealkylation sites (tertiary alicyclic amines) is 1. The van der Waals surface area contributed by atoms with Gasteiger partial charge in [-0.05, 0) is 19.8 Å². The van der Waals surface area contributed by atoms with Gasteiger partial charge in [0.05, 0.1) is 21.3 Å². The third-order valence-corrected chi connectivity index (χ3v) is 5.60. The van der Waals surface area contributed by atoms with E-state index in [4.69, 9.17) is 19.2 Å². The average molecular weight is 403 g/mol. The number of nitrogens with one attached hydrogen (secondary N) is 1. The van der Waals surface area contributed by atoms with Crippen LogP contribution < -0.4 is 19.5 Å². The molecule has 0 amide bonds. The van der Waals surface area contributed by atoms with Crippen molar-refractivity contribution in [1.82, 2.24) is 15.1 Å². The lowest BCUT2D eigenvalue weighted by molar-refractivity contribution is 0.259. The van der Waals surface area contributed by atoms with Gasteiger partial charge in [-0.15, -0.1) is 0 Å². The molecule has 0 spiro atoms. The van der Waals surface area contributed by atoms with Crippen molar-refractivity contribution in [3.05, 3.63) is 29.8 Å². The molecule has 1 saturated heterocycles. The quantitative estimate of drug-likeness (QED) is 0.409. The maximum absolute atomic E-state index is 5.56. The van der Waals surface area contributed by atoms with Gasteiger partial charge in [-0.25, -0.2) is 0 Å². The zero-order valence-electron chi connectivity index (χ0n) is 18.1. The van der Waals surface area contributed by atoms with Gasteiger partial charge in [-0.1, -0.05) is 12.2 Å². The first-order valence-electron chi connectivity index (χ1n) is 10.4. The van der Waals surface area contributed by atoms with Crippen LogP contribution in [-0.2, 0) is 6.42 Å². The minimum absolute atomic E-state index is 0.607. The lowest BCUT2D eigenvalue weighted by Crippen LogP contribution is -2.43. The fourth-order valence-corrected chi connectivity index (χ4v) is 4.05. The third-order valence-electron chi connectivity index (χ3n) is 5.60.